The Bertz CT molecular complexity index is 124. The summed E-state index contributed by atoms with van der Waals surface area (Å²) < 4.78 is 0. The number of hydrogen-bond acceptors (Lipinski definition) is 5. The third-order valence-electron chi connectivity index (χ3n) is 1.33. The van der Waals surface area contributed by atoms with E-state index < -0.39 is 24.4 Å². The molecular weight excluding hydrogens is 153 g/mol. The highest BCUT2D eigenvalue weighted by Crippen LogP contribution is 2.02. The van der Waals surface area contributed by atoms with Crippen LogP contribution in [0.15, 0.2) is 0 Å². The van der Waals surface area contributed by atoms with Gasteiger partial charge in [0.2, 0.25) is 0 Å². The first-order valence-electron chi connectivity index (χ1n) is 3.18. The summed E-state index contributed by atoms with van der Waals surface area (Å²) >= 11 is 0. The molecule has 0 bridgehead atoms. The Hall–Kier alpha value is -0.490. The molecule has 0 amide bonds. The maximum atomic E-state index is 9.87. The lowest BCUT2D eigenvalue weighted by Crippen LogP contribution is -2.43. The number of carbonyl (C=O) groups excluding carboxylic acids is 1. The van der Waals surface area contributed by atoms with Crippen LogP contribution in [-0.2, 0) is 4.79 Å². The van der Waals surface area contributed by atoms with Crippen molar-refractivity contribution in [2.75, 3.05) is 0 Å². The number of rotatable bonds is 4. The normalized spacial score (nSPS) is 21.9. The van der Waals surface area contributed by atoms with Gasteiger partial charge in [0.05, 0.1) is 6.10 Å². The highest BCUT2D eigenvalue weighted by Gasteiger charge is 2.27. The molecule has 0 saturated heterocycles. The molecule has 5 nitrogen and oxygen atoms in total. The first-order valence-corrected chi connectivity index (χ1v) is 3.18. The second kappa shape index (κ2) is 4.40. The predicted molar refractivity (Wildman–Crippen MR) is 35.8 cm³/mol. The first-order chi connectivity index (χ1) is 5.00. The molecule has 11 heavy (non-hydrogen) atoms. The maximum absolute atomic E-state index is 9.87. The highest BCUT2D eigenvalue weighted by atomic mass is 16.4. The van der Waals surface area contributed by atoms with Crippen LogP contribution in [0.25, 0.3) is 0 Å². The van der Waals surface area contributed by atoms with Gasteiger partial charge in [-0.25, -0.2) is 0 Å². The number of carbonyl (C=O) groups is 1. The largest absolute Gasteiger partial charge is 0.391 e. The van der Waals surface area contributed by atoms with Crippen LogP contribution in [0.1, 0.15) is 6.92 Å². The molecule has 0 spiro atoms. The molecule has 66 valence electrons. The van der Waals surface area contributed by atoms with Crippen molar-refractivity contribution in [3.63, 3.8) is 0 Å². The van der Waals surface area contributed by atoms with Crippen LogP contribution in [-0.4, -0.2) is 51.1 Å². The molecule has 0 rings (SSSR count). The van der Waals surface area contributed by atoms with E-state index in [0.717, 1.165) is 0 Å². The number of hydrogen-bond donors (Lipinski definition) is 4. The number of aliphatic hydroxyl groups is 4. The molecule has 0 aliphatic heterocycles. The molecule has 0 aromatic rings. The van der Waals surface area contributed by atoms with Crippen molar-refractivity contribution >= 4 is 6.29 Å². The number of aliphatic hydroxyl groups excluding tert-OH is 4. The lowest BCUT2D eigenvalue weighted by molar-refractivity contribution is -0.132. The zero-order valence-electron chi connectivity index (χ0n) is 6.08. The third kappa shape index (κ3) is 2.94. The SMILES string of the molecule is [13CH3][C@H](O)[C@@H](O)[C@@H](O)[C@H](O)C=O. The molecule has 0 aromatic heterocycles. The van der Waals surface area contributed by atoms with Gasteiger partial charge in [-0.15, -0.1) is 0 Å². The molecule has 0 aliphatic rings. The summed E-state index contributed by atoms with van der Waals surface area (Å²) in [6, 6.07) is 0. The second-order valence-corrected chi connectivity index (χ2v) is 2.35. The van der Waals surface area contributed by atoms with E-state index in [0.29, 0.717) is 0 Å². The van der Waals surface area contributed by atoms with Gasteiger partial charge in [-0.2, -0.15) is 0 Å². The molecule has 0 saturated carbocycles. The van der Waals surface area contributed by atoms with Gasteiger partial charge in [0.15, 0.2) is 6.29 Å². The molecule has 0 aliphatic carbocycles. The molecule has 0 radical (unpaired) electrons. The monoisotopic (exact) mass is 165 g/mol. The van der Waals surface area contributed by atoms with Gasteiger partial charge >= 0.3 is 0 Å². The van der Waals surface area contributed by atoms with Crippen LogP contribution in [0.2, 0.25) is 0 Å². The fraction of sp³-hybridized carbons (Fsp3) is 0.833. The lowest BCUT2D eigenvalue weighted by Gasteiger charge is -2.21. The molecular formula is C6H12O5. The van der Waals surface area contributed by atoms with Crippen LogP contribution in [0.5, 0.6) is 0 Å². The van der Waals surface area contributed by atoms with Gasteiger partial charge in [-0.1, -0.05) is 0 Å². The van der Waals surface area contributed by atoms with Gasteiger partial charge in [0.25, 0.3) is 0 Å². The topological polar surface area (TPSA) is 98.0 Å². The lowest BCUT2D eigenvalue weighted by atomic mass is 10.1. The van der Waals surface area contributed by atoms with Crippen LogP contribution in [0, 0.1) is 0 Å². The van der Waals surface area contributed by atoms with Gasteiger partial charge in [-0.3, -0.25) is 0 Å². The summed E-state index contributed by atoms with van der Waals surface area (Å²) in [6.45, 7) is 1.24. The Labute approximate surface area is 63.9 Å². The van der Waals surface area contributed by atoms with E-state index in [1.165, 1.54) is 6.92 Å². The molecule has 0 aromatic carbocycles. The van der Waals surface area contributed by atoms with Crippen molar-refractivity contribution in [3.05, 3.63) is 0 Å². The Morgan fingerprint density at radius 3 is 1.82 bits per heavy atom. The first kappa shape index (κ1) is 10.5. The molecule has 0 heterocycles. The van der Waals surface area contributed by atoms with E-state index in [4.69, 9.17) is 20.4 Å². The fourth-order valence-corrected chi connectivity index (χ4v) is 0.568. The zero-order valence-corrected chi connectivity index (χ0v) is 6.08. The standard InChI is InChI=1S/C6H12O5/c1-3(8)5(10)6(11)4(9)2-7/h2-6,8-11H,1H3/t3-,4+,5+,6-/m0/s1/i1+1. The molecule has 0 fully saturated rings. The molecule has 0 unspecified atom stereocenters. The van der Waals surface area contributed by atoms with Gasteiger partial charge in [-0.05, 0) is 6.92 Å². The van der Waals surface area contributed by atoms with Crippen molar-refractivity contribution in [1.29, 1.82) is 0 Å². The van der Waals surface area contributed by atoms with Crippen molar-refractivity contribution in [3.8, 4) is 0 Å². The van der Waals surface area contributed by atoms with E-state index in [1.807, 2.05) is 0 Å². The summed E-state index contributed by atoms with van der Waals surface area (Å²) in [4.78, 5) is 9.87. The minimum absolute atomic E-state index is 0.0935. The van der Waals surface area contributed by atoms with Crippen LogP contribution < -0.4 is 0 Å². The maximum Gasteiger partial charge on any atom is 0.151 e. The quantitative estimate of drug-likeness (QED) is 0.276. The fourth-order valence-electron chi connectivity index (χ4n) is 0.568. The van der Waals surface area contributed by atoms with E-state index in [2.05, 4.69) is 0 Å². The van der Waals surface area contributed by atoms with Crippen LogP contribution >= 0.6 is 0 Å². The number of aldehydes is 1. The van der Waals surface area contributed by atoms with E-state index in [1.54, 1.807) is 0 Å². The highest BCUT2D eigenvalue weighted by molar-refractivity contribution is 5.56. The van der Waals surface area contributed by atoms with Gasteiger partial charge < -0.3 is 25.2 Å². The summed E-state index contributed by atoms with van der Waals surface area (Å²) in [5.41, 5.74) is 0. The average Bonchev–Trinajstić information content (AvgIpc) is 2.00. The Kier molecular flexibility index (Phi) is 4.20. The smallest absolute Gasteiger partial charge is 0.151 e. The minimum atomic E-state index is -1.65. The molecule has 5 heteroatoms. The van der Waals surface area contributed by atoms with E-state index in [9.17, 15) is 4.79 Å². The zero-order chi connectivity index (χ0) is 9.02. The molecule has 4 atom stereocenters. The Morgan fingerprint density at radius 2 is 1.55 bits per heavy atom. The van der Waals surface area contributed by atoms with Gasteiger partial charge in [0, 0.05) is 0 Å². The second-order valence-electron chi connectivity index (χ2n) is 2.35. The Balaban J connectivity index is 4.00. The van der Waals surface area contributed by atoms with Crippen molar-refractivity contribution in [1.82, 2.24) is 0 Å². The van der Waals surface area contributed by atoms with Crippen LogP contribution in [0.3, 0.4) is 0 Å². The van der Waals surface area contributed by atoms with E-state index in [-0.39, 0.29) is 6.29 Å². The van der Waals surface area contributed by atoms with Gasteiger partial charge in [0.1, 0.15) is 18.3 Å². The summed E-state index contributed by atoms with van der Waals surface area (Å²) in [6.07, 6.45) is -5.88. The third-order valence-corrected chi connectivity index (χ3v) is 1.33. The van der Waals surface area contributed by atoms with Crippen molar-refractivity contribution in [2.45, 2.75) is 31.3 Å². The minimum Gasteiger partial charge on any atom is -0.391 e. The summed E-state index contributed by atoms with van der Waals surface area (Å²) in [5, 5.41) is 35.1. The van der Waals surface area contributed by atoms with Crippen molar-refractivity contribution in [2.24, 2.45) is 0 Å². The van der Waals surface area contributed by atoms with Crippen LogP contribution in [0.4, 0.5) is 0 Å². The summed E-state index contributed by atoms with van der Waals surface area (Å²) in [7, 11) is 0. The Morgan fingerprint density at radius 1 is 1.09 bits per heavy atom. The molecule has 4 N–H and O–H groups in total. The van der Waals surface area contributed by atoms with Crippen molar-refractivity contribution < 1.29 is 25.2 Å². The summed E-state index contributed by atoms with van der Waals surface area (Å²) in [5.74, 6) is 0. The average molecular weight is 165 g/mol. The predicted octanol–water partition coefficient (Wildman–Crippen LogP) is -2.35. The van der Waals surface area contributed by atoms with E-state index >= 15 is 0 Å².